The van der Waals surface area contributed by atoms with Crippen molar-refractivity contribution in [2.24, 2.45) is 0 Å². The summed E-state index contributed by atoms with van der Waals surface area (Å²) < 4.78 is 42.0. The van der Waals surface area contributed by atoms with Crippen molar-refractivity contribution < 1.29 is 17.9 Å². The standard InChI is InChI=1S/C25H30F3N5O.2ClH/c1-33(2)23-20-8-4-5-9-21(20)31-24(32-23)30-19-13-11-18(12-14-19)29-16-15-17-7-3-6-10-22(17)34-25(26,27)28;;/h3-10,18-19,29H,11-16H2,1-2H3,(H,30,31,32);2*1H. The van der Waals surface area contributed by atoms with E-state index in [0.717, 1.165) is 42.4 Å². The molecule has 2 aromatic carbocycles. The van der Waals surface area contributed by atoms with Crippen molar-refractivity contribution in [2.75, 3.05) is 30.9 Å². The Kier molecular flexibility index (Phi) is 10.9. The monoisotopic (exact) mass is 545 g/mol. The number of para-hydroxylation sites is 2. The Morgan fingerprint density at radius 2 is 1.56 bits per heavy atom. The Morgan fingerprint density at radius 3 is 2.25 bits per heavy atom. The summed E-state index contributed by atoms with van der Waals surface area (Å²) in [6.07, 6.45) is -0.309. The maximum absolute atomic E-state index is 12.6. The topological polar surface area (TPSA) is 62.3 Å². The molecule has 0 amide bonds. The zero-order valence-corrected chi connectivity index (χ0v) is 21.8. The van der Waals surface area contributed by atoms with Crippen molar-refractivity contribution in [2.45, 2.75) is 50.6 Å². The molecule has 0 spiro atoms. The highest BCUT2D eigenvalue weighted by Crippen LogP contribution is 2.28. The van der Waals surface area contributed by atoms with Crippen LogP contribution in [0.2, 0.25) is 0 Å². The van der Waals surface area contributed by atoms with E-state index in [1.807, 2.05) is 43.3 Å². The summed E-state index contributed by atoms with van der Waals surface area (Å²) in [6, 6.07) is 14.9. The predicted molar refractivity (Wildman–Crippen MR) is 143 cm³/mol. The second-order valence-corrected chi connectivity index (χ2v) is 8.83. The molecule has 0 aliphatic heterocycles. The van der Waals surface area contributed by atoms with Crippen LogP contribution in [-0.2, 0) is 6.42 Å². The lowest BCUT2D eigenvalue weighted by Crippen LogP contribution is -2.38. The summed E-state index contributed by atoms with van der Waals surface area (Å²) in [7, 11) is 3.95. The Bertz CT molecular complexity index is 1110. The van der Waals surface area contributed by atoms with E-state index in [9.17, 15) is 13.2 Å². The molecule has 2 N–H and O–H groups in total. The average molecular weight is 546 g/mol. The van der Waals surface area contributed by atoms with Gasteiger partial charge in [-0.1, -0.05) is 30.3 Å². The molecule has 0 saturated heterocycles. The molecule has 0 radical (unpaired) electrons. The maximum atomic E-state index is 12.6. The van der Waals surface area contributed by atoms with Gasteiger partial charge in [0.15, 0.2) is 0 Å². The SMILES string of the molecule is CN(C)c1nc(NC2CCC(NCCc3ccccc3OC(F)(F)F)CC2)nc2ccccc12.Cl.Cl. The van der Waals surface area contributed by atoms with Crippen LogP contribution in [-0.4, -0.2) is 49.1 Å². The third-order valence-corrected chi connectivity index (χ3v) is 6.09. The number of rotatable bonds is 8. The van der Waals surface area contributed by atoms with E-state index in [2.05, 4.69) is 15.4 Å². The number of aromatic nitrogens is 2. The fourth-order valence-corrected chi connectivity index (χ4v) is 4.44. The lowest BCUT2D eigenvalue weighted by molar-refractivity contribution is -0.274. The number of anilines is 2. The maximum Gasteiger partial charge on any atom is 0.573 e. The zero-order chi connectivity index (χ0) is 24.1. The quantitative estimate of drug-likeness (QED) is 0.362. The second kappa shape index (κ2) is 13.2. The van der Waals surface area contributed by atoms with Crippen LogP contribution < -0.4 is 20.3 Å². The van der Waals surface area contributed by atoms with E-state index in [-0.39, 0.29) is 36.6 Å². The van der Waals surface area contributed by atoms with Crippen molar-refractivity contribution in [3.05, 3.63) is 54.1 Å². The minimum atomic E-state index is -4.68. The number of hydrogen-bond donors (Lipinski definition) is 2. The van der Waals surface area contributed by atoms with Gasteiger partial charge in [-0.15, -0.1) is 38.0 Å². The van der Waals surface area contributed by atoms with Gasteiger partial charge >= 0.3 is 6.36 Å². The van der Waals surface area contributed by atoms with E-state index in [1.165, 1.54) is 6.07 Å². The van der Waals surface area contributed by atoms with Crippen LogP contribution in [0.15, 0.2) is 48.5 Å². The lowest BCUT2D eigenvalue weighted by atomic mass is 9.91. The number of nitrogens with one attached hydrogen (secondary N) is 2. The number of ether oxygens (including phenoxy) is 1. The fraction of sp³-hybridized carbons (Fsp3) is 0.440. The molecule has 1 aliphatic carbocycles. The first-order valence-electron chi connectivity index (χ1n) is 11.6. The highest BCUT2D eigenvalue weighted by Gasteiger charge is 2.32. The van der Waals surface area contributed by atoms with Crippen molar-refractivity contribution in [1.82, 2.24) is 15.3 Å². The molecule has 1 saturated carbocycles. The fourth-order valence-electron chi connectivity index (χ4n) is 4.44. The molecule has 198 valence electrons. The molecule has 0 bridgehead atoms. The first-order chi connectivity index (χ1) is 16.3. The minimum absolute atomic E-state index is 0. The largest absolute Gasteiger partial charge is 0.573 e. The third kappa shape index (κ3) is 8.01. The third-order valence-electron chi connectivity index (χ3n) is 6.09. The normalized spacial score (nSPS) is 17.6. The van der Waals surface area contributed by atoms with Crippen LogP contribution >= 0.6 is 24.8 Å². The number of fused-ring (bicyclic) bond motifs is 1. The number of benzene rings is 2. The van der Waals surface area contributed by atoms with Gasteiger partial charge in [0, 0.05) is 31.6 Å². The Balaban J connectivity index is 0.00000228. The first kappa shape index (κ1) is 29.7. The molecule has 36 heavy (non-hydrogen) atoms. The molecule has 1 heterocycles. The summed E-state index contributed by atoms with van der Waals surface area (Å²) in [4.78, 5) is 11.4. The summed E-state index contributed by atoms with van der Waals surface area (Å²) in [5.41, 5.74) is 1.46. The summed E-state index contributed by atoms with van der Waals surface area (Å²) in [5, 5.41) is 8.01. The van der Waals surface area contributed by atoms with Crippen LogP contribution in [0.25, 0.3) is 10.9 Å². The van der Waals surface area contributed by atoms with E-state index < -0.39 is 6.36 Å². The molecule has 11 heteroatoms. The van der Waals surface area contributed by atoms with Gasteiger partial charge in [-0.25, -0.2) is 4.98 Å². The van der Waals surface area contributed by atoms with Gasteiger partial charge < -0.3 is 20.3 Å². The molecular formula is C25H32Cl2F3N5O. The van der Waals surface area contributed by atoms with Crippen LogP contribution in [0, 0.1) is 0 Å². The molecule has 1 fully saturated rings. The number of alkyl halides is 3. The van der Waals surface area contributed by atoms with Gasteiger partial charge in [0.25, 0.3) is 0 Å². The highest BCUT2D eigenvalue weighted by atomic mass is 35.5. The summed E-state index contributed by atoms with van der Waals surface area (Å²) >= 11 is 0. The van der Waals surface area contributed by atoms with E-state index in [4.69, 9.17) is 9.97 Å². The zero-order valence-electron chi connectivity index (χ0n) is 20.2. The first-order valence-corrected chi connectivity index (χ1v) is 11.6. The Morgan fingerprint density at radius 1 is 0.917 bits per heavy atom. The molecule has 1 aromatic heterocycles. The van der Waals surface area contributed by atoms with E-state index in [1.54, 1.807) is 18.2 Å². The van der Waals surface area contributed by atoms with Crippen LogP contribution in [0.4, 0.5) is 24.9 Å². The van der Waals surface area contributed by atoms with Gasteiger partial charge in [-0.05, 0) is 62.4 Å². The number of halogens is 5. The number of nitrogens with zero attached hydrogens (tertiary/aromatic N) is 3. The average Bonchev–Trinajstić information content (AvgIpc) is 2.80. The Hall–Kier alpha value is -2.49. The van der Waals surface area contributed by atoms with Gasteiger partial charge in [0.05, 0.1) is 5.52 Å². The Labute approximate surface area is 221 Å². The molecule has 6 nitrogen and oxygen atoms in total. The van der Waals surface area contributed by atoms with Crippen molar-refractivity contribution in [3.8, 4) is 5.75 Å². The van der Waals surface area contributed by atoms with Gasteiger partial charge in [0.1, 0.15) is 11.6 Å². The summed E-state index contributed by atoms with van der Waals surface area (Å²) in [6.45, 7) is 0.598. The van der Waals surface area contributed by atoms with Crippen LogP contribution in [0.1, 0.15) is 31.2 Å². The lowest BCUT2D eigenvalue weighted by Gasteiger charge is -2.30. The van der Waals surface area contributed by atoms with E-state index >= 15 is 0 Å². The van der Waals surface area contributed by atoms with Crippen molar-refractivity contribution in [1.29, 1.82) is 0 Å². The van der Waals surface area contributed by atoms with Crippen LogP contribution in [0.5, 0.6) is 5.75 Å². The van der Waals surface area contributed by atoms with Gasteiger partial charge in [-0.3, -0.25) is 0 Å². The highest BCUT2D eigenvalue weighted by molar-refractivity contribution is 5.90. The molecule has 4 rings (SSSR count). The van der Waals surface area contributed by atoms with Crippen LogP contribution in [0.3, 0.4) is 0 Å². The van der Waals surface area contributed by atoms with Gasteiger partial charge in [-0.2, -0.15) is 4.98 Å². The van der Waals surface area contributed by atoms with Crippen molar-refractivity contribution >= 4 is 47.5 Å². The minimum Gasteiger partial charge on any atom is -0.406 e. The van der Waals surface area contributed by atoms with Gasteiger partial charge in [0.2, 0.25) is 5.95 Å². The molecule has 1 aliphatic rings. The van der Waals surface area contributed by atoms with Crippen molar-refractivity contribution in [3.63, 3.8) is 0 Å². The second-order valence-electron chi connectivity index (χ2n) is 8.83. The molecular weight excluding hydrogens is 514 g/mol. The molecule has 3 aromatic rings. The molecule has 0 unspecified atom stereocenters. The number of hydrogen-bond acceptors (Lipinski definition) is 6. The summed E-state index contributed by atoms with van der Waals surface area (Å²) in [5.74, 6) is 1.40. The van der Waals surface area contributed by atoms with E-state index in [0.29, 0.717) is 30.5 Å². The predicted octanol–water partition coefficient (Wildman–Crippen LogP) is 5.99. The molecule has 0 atom stereocenters. The smallest absolute Gasteiger partial charge is 0.406 e.